The predicted molar refractivity (Wildman–Crippen MR) is 102 cm³/mol. The van der Waals surface area contributed by atoms with Crippen molar-refractivity contribution < 1.29 is 4.79 Å². The highest BCUT2D eigenvalue weighted by molar-refractivity contribution is 7.99. The molecule has 1 amide bonds. The van der Waals surface area contributed by atoms with Crippen molar-refractivity contribution >= 4 is 29.3 Å². The zero-order valence-corrected chi connectivity index (χ0v) is 15.4. The Hall–Kier alpha value is -1.45. The number of rotatable bonds is 6. The summed E-state index contributed by atoms with van der Waals surface area (Å²) in [6.45, 7) is 2.06. The predicted octanol–water partition coefficient (Wildman–Crippen LogP) is 5.19. The molecule has 1 aliphatic rings. The molecule has 0 heterocycles. The normalized spacial score (nSPS) is 14.2. The van der Waals surface area contributed by atoms with Gasteiger partial charge in [0.2, 0.25) is 5.91 Å². The molecule has 1 aliphatic carbocycles. The van der Waals surface area contributed by atoms with Crippen molar-refractivity contribution in [2.24, 2.45) is 0 Å². The molecule has 0 fully saturated rings. The fourth-order valence-corrected chi connectivity index (χ4v) is 4.03. The largest absolute Gasteiger partial charge is 0.350 e. The Kier molecular flexibility index (Phi) is 5.85. The molecule has 1 N–H and O–H groups in total. The van der Waals surface area contributed by atoms with E-state index in [-0.39, 0.29) is 11.9 Å². The van der Waals surface area contributed by atoms with Crippen LogP contribution in [0.5, 0.6) is 0 Å². The minimum absolute atomic E-state index is 0.0592. The van der Waals surface area contributed by atoms with Crippen LogP contribution in [0.4, 0.5) is 0 Å². The third-order valence-corrected chi connectivity index (χ3v) is 5.68. The van der Waals surface area contributed by atoms with Crippen LogP contribution >= 0.6 is 23.4 Å². The van der Waals surface area contributed by atoms with Crippen LogP contribution in [0.2, 0.25) is 5.02 Å². The number of fused-ring (bicyclic) bond motifs is 1. The lowest BCUT2D eigenvalue weighted by molar-refractivity contribution is -0.121. The number of halogens is 1. The highest BCUT2D eigenvalue weighted by Gasteiger charge is 2.14. The fraction of sp³-hybridized carbons (Fsp3) is 0.350. The molecular weight excluding hydrogens is 338 g/mol. The molecule has 0 aliphatic heterocycles. The minimum Gasteiger partial charge on any atom is -0.350 e. The second kappa shape index (κ2) is 8.09. The molecule has 0 radical (unpaired) electrons. The van der Waals surface area contributed by atoms with Gasteiger partial charge in [-0.2, -0.15) is 0 Å². The molecule has 0 spiro atoms. The molecule has 2 nitrogen and oxygen atoms in total. The van der Waals surface area contributed by atoms with E-state index in [2.05, 4.69) is 30.4 Å². The van der Waals surface area contributed by atoms with Gasteiger partial charge in [-0.25, -0.2) is 0 Å². The summed E-state index contributed by atoms with van der Waals surface area (Å²) in [7, 11) is 0. The molecule has 3 rings (SSSR count). The number of nitrogens with one attached hydrogen (secondary N) is 1. The summed E-state index contributed by atoms with van der Waals surface area (Å²) in [6, 6.07) is 14.4. The molecule has 2 aromatic carbocycles. The molecule has 0 saturated heterocycles. The van der Waals surface area contributed by atoms with Gasteiger partial charge in [0, 0.05) is 22.1 Å². The average Bonchev–Trinajstić information content (AvgIpc) is 3.04. The van der Waals surface area contributed by atoms with Gasteiger partial charge in [0.1, 0.15) is 0 Å². The third-order valence-electron chi connectivity index (χ3n) is 4.41. The Morgan fingerprint density at radius 1 is 1.17 bits per heavy atom. The number of amides is 1. The van der Waals surface area contributed by atoms with E-state index in [0.29, 0.717) is 6.42 Å². The number of benzene rings is 2. The van der Waals surface area contributed by atoms with E-state index >= 15 is 0 Å². The first kappa shape index (κ1) is 17.4. The summed E-state index contributed by atoms with van der Waals surface area (Å²) >= 11 is 7.55. The summed E-state index contributed by atoms with van der Waals surface area (Å²) in [5.74, 6) is 0.870. The second-order valence-electron chi connectivity index (χ2n) is 6.22. The lowest BCUT2D eigenvalue weighted by atomic mass is 10.0. The highest BCUT2D eigenvalue weighted by Crippen LogP contribution is 2.25. The molecule has 0 aromatic heterocycles. The number of hydrogen-bond donors (Lipinski definition) is 1. The van der Waals surface area contributed by atoms with Gasteiger partial charge in [0.05, 0.1) is 6.04 Å². The lowest BCUT2D eigenvalue weighted by Crippen LogP contribution is -2.26. The Labute approximate surface area is 153 Å². The topological polar surface area (TPSA) is 29.1 Å². The maximum Gasteiger partial charge on any atom is 0.221 e. The van der Waals surface area contributed by atoms with E-state index in [1.807, 2.05) is 24.3 Å². The molecule has 24 heavy (non-hydrogen) atoms. The smallest absolute Gasteiger partial charge is 0.221 e. The molecule has 0 bridgehead atoms. The van der Waals surface area contributed by atoms with Crippen molar-refractivity contribution in [3.63, 3.8) is 0 Å². The monoisotopic (exact) mass is 359 g/mol. The summed E-state index contributed by atoms with van der Waals surface area (Å²) in [4.78, 5) is 13.3. The molecular formula is C20H22ClNOS. The van der Waals surface area contributed by atoms with Crippen molar-refractivity contribution in [3.8, 4) is 0 Å². The number of carbonyl (C=O) groups excluding carboxylic acids is 1. The number of aryl methyl sites for hydroxylation is 2. The van der Waals surface area contributed by atoms with Crippen molar-refractivity contribution in [1.82, 2.24) is 5.32 Å². The molecule has 1 atom stereocenters. The molecule has 126 valence electrons. The van der Waals surface area contributed by atoms with Gasteiger partial charge in [0.15, 0.2) is 0 Å². The Bertz CT molecular complexity index is 714. The lowest BCUT2D eigenvalue weighted by Gasteiger charge is -2.15. The third kappa shape index (κ3) is 4.55. The van der Waals surface area contributed by atoms with Crippen LogP contribution in [-0.4, -0.2) is 11.7 Å². The van der Waals surface area contributed by atoms with Crippen LogP contribution in [0.25, 0.3) is 0 Å². The molecule has 0 unspecified atom stereocenters. The fourth-order valence-electron chi connectivity index (χ4n) is 3.05. The minimum atomic E-state index is 0.0592. The van der Waals surface area contributed by atoms with Crippen LogP contribution in [0.1, 0.15) is 42.5 Å². The van der Waals surface area contributed by atoms with Crippen LogP contribution in [0, 0.1) is 0 Å². The number of carbonyl (C=O) groups is 1. The Balaban J connectivity index is 1.46. The Morgan fingerprint density at radius 2 is 1.92 bits per heavy atom. The first-order valence-corrected chi connectivity index (χ1v) is 9.77. The van der Waals surface area contributed by atoms with Crippen molar-refractivity contribution in [1.29, 1.82) is 0 Å². The van der Waals surface area contributed by atoms with Gasteiger partial charge in [-0.05, 0) is 67.1 Å². The van der Waals surface area contributed by atoms with E-state index in [4.69, 9.17) is 11.6 Å². The summed E-state index contributed by atoms with van der Waals surface area (Å²) in [6.07, 6.45) is 4.13. The van der Waals surface area contributed by atoms with Crippen LogP contribution < -0.4 is 5.32 Å². The first-order chi connectivity index (χ1) is 11.6. The standard InChI is InChI=1S/C20H22ClNOS/c1-14(16-6-5-15-3-2-4-17(15)13-16)22-20(23)11-12-24-19-9-7-18(21)8-10-19/h5-10,13-14H,2-4,11-12H2,1H3,(H,22,23)/t14-/m1/s1. The average molecular weight is 360 g/mol. The summed E-state index contributed by atoms with van der Waals surface area (Å²) in [5, 5.41) is 3.85. The second-order valence-corrected chi connectivity index (χ2v) is 7.83. The van der Waals surface area contributed by atoms with E-state index in [1.165, 1.54) is 36.0 Å². The quantitative estimate of drug-likeness (QED) is 0.719. The maximum absolute atomic E-state index is 12.2. The summed E-state index contributed by atoms with van der Waals surface area (Å²) in [5.41, 5.74) is 4.12. The van der Waals surface area contributed by atoms with Gasteiger partial charge in [-0.3, -0.25) is 4.79 Å². The van der Waals surface area contributed by atoms with E-state index < -0.39 is 0 Å². The number of hydrogen-bond acceptors (Lipinski definition) is 2. The van der Waals surface area contributed by atoms with Crippen molar-refractivity contribution in [3.05, 3.63) is 64.2 Å². The van der Waals surface area contributed by atoms with Gasteiger partial charge in [-0.1, -0.05) is 29.8 Å². The first-order valence-electron chi connectivity index (χ1n) is 8.41. The van der Waals surface area contributed by atoms with Gasteiger partial charge in [0.25, 0.3) is 0 Å². The van der Waals surface area contributed by atoms with Gasteiger partial charge < -0.3 is 5.32 Å². The van der Waals surface area contributed by atoms with Crippen LogP contribution in [0.3, 0.4) is 0 Å². The summed E-state index contributed by atoms with van der Waals surface area (Å²) < 4.78 is 0. The van der Waals surface area contributed by atoms with E-state index in [0.717, 1.165) is 15.7 Å². The highest BCUT2D eigenvalue weighted by atomic mass is 35.5. The van der Waals surface area contributed by atoms with Gasteiger partial charge in [-0.15, -0.1) is 11.8 Å². The van der Waals surface area contributed by atoms with Crippen LogP contribution in [0.15, 0.2) is 47.4 Å². The van der Waals surface area contributed by atoms with Crippen molar-refractivity contribution in [2.75, 3.05) is 5.75 Å². The zero-order chi connectivity index (χ0) is 16.9. The Morgan fingerprint density at radius 3 is 2.71 bits per heavy atom. The molecule has 2 aromatic rings. The van der Waals surface area contributed by atoms with Crippen LogP contribution in [-0.2, 0) is 17.6 Å². The van der Waals surface area contributed by atoms with E-state index in [1.54, 1.807) is 11.8 Å². The number of thioether (sulfide) groups is 1. The zero-order valence-electron chi connectivity index (χ0n) is 13.8. The van der Waals surface area contributed by atoms with Crippen molar-refractivity contribution in [2.45, 2.75) is 43.5 Å². The SMILES string of the molecule is C[C@@H](NC(=O)CCSc1ccc(Cl)cc1)c1ccc2c(c1)CCC2. The van der Waals surface area contributed by atoms with E-state index in [9.17, 15) is 4.79 Å². The molecule has 4 heteroatoms. The molecule has 0 saturated carbocycles. The van der Waals surface area contributed by atoms with Gasteiger partial charge >= 0.3 is 0 Å². The maximum atomic E-state index is 12.2.